The van der Waals surface area contributed by atoms with E-state index in [2.05, 4.69) is 32.6 Å². The Morgan fingerprint density at radius 2 is 1.64 bits per heavy atom. The number of hydrogen-bond acceptors (Lipinski definition) is 4. The predicted octanol–water partition coefficient (Wildman–Crippen LogP) is 4.20. The molecule has 1 aromatic carbocycles. The number of aromatic nitrogens is 3. The molecule has 0 bridgehead atoms. The summed E-state index contributed by atoms with van der Waals surface area (Å²) in [6.07, 6.45) is 0. The van der Waals surface area contributed by atoms with E-state index >= 15 is 0 Å². The Balaban J connectivity index is 2.28. The Kier molecular flexibility index (Phi) is 6.79. The lowest BCUT2D eigenvalue weighted by molar-refractivity contribution is 0.165. The van der Waals surface area contributed by atoms with Crippen LogP contribution in [0.1, 0.15) is 27.7 Å². The Bertz CT molecular complexity index is 721. The number of rotatable bonds is 8. The summed E-state index contributed by atoms with van der Waals surface area (Å²) in [6, 6.07) is 7.92. The molecule has 0 amide bonds. The molecule has 0 radical (unpaired) electrons. The highest BCUT2D eigenvalue weighted by Gasteiger charge is 2.15. The van der Waals surface area contributed by atoms with Crippen molar-refractivity contribution >= 4 is 12.2 Å². The number of nitrogens with zero attached hydrogens (tertiary/aromatic N) is 4. The third kappa shape index (κ3) is 5.16. The van der Waals surface area contributed by atoms with E-state index in [0.717, 1.165) is 41.7 Å². The lowest BCUT2D eigenvalue weighted by Gasteiger charge is -2.25. The summed E-state index contributed by atoms with van der Waals surface area (Å²) >= 11 is 5.62. The van der Waals surface area contributed by atoms with Crippen LogP contribution in [-0.2, 0) is 13.7 Å². The molecule has 0 spiro atoms. The second-order valence-electron chi connectivity index (χ2n) is 7.36. The van der Waals surface area contributed by atoms with Crippen LogP contribution in [-0.4, -0.2) is 39.4 Å². The Labute approximate surface area is 156 Å². The summed E-state index contributed by atoms with van der Waals surface area (Å²) < 4.78 is 9.87. The first-order chi connectivity index (χ1) is 11.8. The standard InChI is InChI=1S/C19H30N4OS/c1-14(2)11-22(12-15(3)4)13-23-19(25)21(5)18(20-23)16-7-9-17(24-6)10-8-16/h7-10,14-15H,11-13H2,1-6H3. The van der Waals surface area contributed by atoms with Crippen LogP contribution in [0, 0.1) is 16.6 Å². The van der Waals surface area contributed by atoms with Gasteiger partial charge >= 0.3 is 0 Å². The zero-order chi connectivity index (χ0) is 18.6. The number of benzene rings is 1. The van der Waals surface area contributed by atoms with Crippen LogP contribution in [0.5, 0.6) is 5.75 Å². The highest BCUT2D eigenvalue weighted by molar-refractivity contribution is 7.71. The van der Waals surface area contributed by atoms with Gasteiger partial charge in [0.2, 0.25) is 0 Å². The first kappa shape index (κ1) is 19.7. The maximum atomic E-state index is 5.62. The quantitative estimate of drug-likeness (QED) is 0.659. The van der Waals surface area contributed by atoms with Crippen LogP contribution in [0.4, 0.5) is 0 Å². The molecule has 2 rings (SSSR count). The van der Waals surface area contributed by atoms with Gasteiger partial charge in [0.05, 0.1) is 13.8 Å². The fourth-order valence-corrected chi connectivity index (χ4v) is 3.17. The van der Waals surface area contributed by atoms with Gasteiger partial charge in [-0.15, -0.1) is 0 Å². The molecule has 0 fully saturated rings. The van der Waals surface area contributed by atoms with Crippen molar-refractivity contribution in [2.24, 2.45) is 18.9 Å². The Morgan fingerprint density at radius 3 is 2.12 bits per heavy atom. The maximum Gasteiger partial charge on any atom is 0.199 e. The largest absolute Gasteiger partial charge is 0.497 e. The lowest BCUT2D eigenvalue weighted by Crippen LogP contribution is -2.33. The second-order valence-corrected chi connectivity index (χ2v) is 7.72. The predicted molar refractivity (Wildman–Crippen MR) is 105 cm³/mol. The molecule has 0 saturated carbocycles. The van der Waals surface area contributed by atoms with Gasteiger partial charge in [0.15, 0.2) is 10.6 Å². The van der Waals surface area contributed by atoms with Gasteiger partial charge in [-0.25, -0.2) is 4.68 Å². The van der Waals surface area contributed by atoms with Gasteiger partial charge in [0, 0.05) is 25.7 Å². The van der Waals surface area contributed by atoms with Crippen LogP contribution < -0.4 is 4.74 Å². The van der Waals surface area contributed by atoms with Crippen molar-refractivity contribution in [3.63, 3.8) is 0 Å². The second kappa shape index (κ2) is 8.63. The molecule has 0 aliphatic rings. The van der Waals surface area contributed by atoms with Crippen LogP contribution >= 0.6 is 12.2 Å². The van der Waals surface area contributed by atoms with Crippen LogP contribution in [0.25, 0.3) is 11.4 Å². The molecule has 0 saturated heterocycles. The molecule has 6 heteroatoms. The molecule has 0 N–H and O–H groups in total. The summed E-state index contributed by atoms with van der Waals surface area (Å²) in [6.45, 7) is 11.8. The zero-order valence-electron chi connectivity index (χ0n) is 16.2. The Hall–Kier alpha value is -1.66. The average Bonchev–Trinajstić information content (AvgIpc) is 2.82. The molecular formula is C19H30N4OS. The summed E-state index contributed by atoms with van der Waals surface area (Å²) in [5, 5.41) is 4.78. The first-order valence-electron chi connectivity index (χ1n) is 8.82. The number of methoxy groups -OCH3 is 1. The van der Waals surface area contributed by atoms with Crippen molar-refractivity contribution in [2.75, 3.05) is 20.2 Å². The average molecular weight is 363 g/mol. The molecule has 25 heavy (non-hydrogen) atoms. The lowest BCUT2D eigenvalue weighted by atomic mass is 10.1. The topological polar surface area (TPSA) is 35.2 Å². The number of hydrogen-bond donors (Lipinski definition) is 0. The smallest absolute Gasteiger partial charge is 0.199 e. The van der Waals surface area contributed by atoms with E-state index in [1.54, 1.807) is 7.11 Å². The summed E-state index contributed by atoms with van der Waals surface area (Å²) in [7, 11) is 3.64. The van der Waals surface area contributed by atoms with E-state index in [0.29, 0.717) is 11.8 Å². The minimum atomic E-state index is 0.609. The molecule has 5 nitrogen and oxygen atoms in total. The van der Waals surface area contributed by atoms with Gasteiger partial charge in [-0.3, -0.25) is 4.90 Å². The third-order valence-electron chi connectivity index (χ3n) is 3.97. The molecule has 2 aromatic rings. The first-order valence-corrected chi connectivity index (χ1v) is 9.23. The van der Waals surface area contributed by atoms with Gasteiger partial charge in [-0.2, -0.15) is 5.10 Å². The third-order valence-corrected chi connectivity index (χ3v) is 4.45. The van der Waals surface area contributed by atoms with E-state index in [9.17, 15) is 0 Å². The maximum absolute atomic E-state index is 5.62. The fourth-order valence-electron chi connectivity index (χ4n) is 2.98. The Morgan fingerprint density at radius 1 is 1.08 bits per heavy atom. The SMILES string of the molecule is COc1ccc(-c2nn(CN(CC(C)C)CC(C)C)c(=S)n2C)cc1. The van der Waals surface area contributed by atoms with Gasteiger partial charge < -0.3 is 9.30 Å². The minimum absolute atomic E-state index is 0.609. The van der Waals surface area contributed by atoms with Gasteiger partial charge in [-0.05, 0) is 48.3 Å². The normalized spacial score (nSPS) is 11.7. The fraction of sp³-hybridized carbons (Fsp3) is 0.579. The summed E-state index contributed by atoms with van der Waals surface area (Å²) in [4.78, 5) is 2.43. The van der Waals surface area contributed by atoms with E-state index in [1.165, 1.54) is 0 Å². The van der Waals surface area contributed by atoms with Gasteiger partial charge in [0.1, 0.15) is 5.75 Å². The van der Waals surface area contributed by atoms with E-state index in [-0.39, 0.29) is 0 Å². The van der Waals surface area contributed by atoms with Gasteiger partial charge in [-0.1, -0.05) is 27.7 Å². The van der Waals surface area contributed by atoms with Crippen molar-refractivity contribution in [3.05, 3.63) is 29.0 Å². The monoisotopic (exact) mass is 362 g/mol. The van der Waals surface area contributed by atoms with E-state index < -0.39 is 0 Å². The highest BCUT2D eigenvalue weighted by atomic mass is 32.1. The van der Waals surface area contributed by atoms with E-state index in [1.807, 2.05) is 40.6 Å². The van der Waals surface area contributed by atoms with E-state index in [4.69, 9.17) is 22.1 Å². The zero-order valence-corrected chi connectivity index (χ0v) is 17.0. The van der Waals surface area contributed by atoms with Crippen molar-refractivity contribution in [2.45, 2.75) is 34.4 Å². The van der Waals surface area contributed by atoms with Gasteiger partial charge in [0.25, 0.3) is 0 Å². The molecule has 0 aliphatic carbocycles. The van der Waals surface area contributed by atoms with Crippen LogP contribution in [0.3, 0.4) is 0 Å². The summed E-state index contributed by atoms with van der Waals surface area (Å²) in [5.41, 5.74) is 1.03. The van der Waals surface area contributed by atoms with Crippen molar-refractivity contribution < 1.29 is 4.74 Å². The molecule has 138 valence electrons. The highest BCUT2D eigenvalue weighted by Crippen LogP contribution is 2.21. The van der Waals surface area contributed by atoms with Crippen molar-refractivity contribution in [3.8, 4) is 17.1 Å². The molecule has 1 heterocycles. The molecule has 0 unspecified atom stereocenters. The molecule has 1 aromatic heterocycles. The molecule has 0 atom stereocenters. The minimum Gasteiger partial charge on any atom is -0.497 e. The van der Waals surface area contributed by atoms with Crippen LogP contribution in [0.2, 0.25) is 0 Å². The van der Waals surface area contributed by atoms with Crippen LogP contribution in [0.15, 0.2) is 24.3 Å². The molecule has 0 aliphatic heterocycles. The van der Waals surface area contributed by atoms with Crippen molar-refractivity contribution in [1.29, 1.82) is 0 Å². The molecular weight excluding hydrogens is 332 g/mol. The number of ether oxygens (including phenoxy) is 1. The van der Waals surface area contributed by atoms with Crippen molar-refractivity contribution in [1.82, 2.24) is 19.2 Å². The summed E-state index contributed by atoms with van der Waals surface area (Å²) in [5.74, 6) is 2.93.